The Morgan fingerprint density at radius 1 is 1.41 bits per heavy atom. The Morgan fingerprint density at radius 3 is 2.91 bits per heavy atom. The molecule has 22 heavy (non-hydrogen) atoms. The van der Waals surface area contributed by atoms with Crippen molar-refractivity contribution >= 4 is 39.3 Å². The molecular weight excluding hydrogens is 318 g/mol. The molecule has 7 heteroatoms. The number of imidazole rings is 1. The van der Waals surface area contributed by atoms with E-state index in [9.17, 15) is 9.59 Å². The lowest BCUT2D eigenvalue weighted by molar-refractivity contribution is -0.121. The number of hydrogen-bond donors (Lipinski definition) is 1. The van der Waals surface area contributed by atoms with Crippen LogP contribution in [0, 0.1) is 0 Å². The highest BCUT2D eigenvalue weighted by molar-refractivity contribution is 7.15. The summed E-state index contributed by atoms with van der Waals surface area (Å²) in [6, 6.07) is 1.63. The molecule has 3 aromatic rings. The summed E-state index contributed by atoms with van der Waals surface area (Å²) in [5.74, 6) is -0.0418. The van der Waals surface area contributed by atoms with E-state index in [1.54, 1.807) is 17.4 Å². The van der Waals surface area contributed by atoms with Gasteiger partial charge in [-0.15, -0.1) is 22.7 Å². The van der Waals surface area contributed by atoms with Crippen LogP contribution in [0.3, 0.4) is 0 Å². The number of fused-ring (bicyclic) bond motifs is 1. The second kappa shape index (κ2) is 6.02. The van der Waals surface area contributed by atoms with Crippen LogP contribution in [-0.2, 0) is 11.2 Å². The molecule has 0 fully saturated rings. The molecule has 0 aliphatic rings. The number of carbonyl (C=O) groups excluding carboxylic acids is 2. The first-order chi connectivity index (χ1) is 10.5. The molecule has 0 aliphatic carbocycles. The third kappa shape index (κ3) is 3.10. The molecule has 1 N–H and O–H groups in total. The summed E-state index contributed by atoms with van der Waals surface area (Å²) in [6.07, 6.45) is 4.14. The Labute approximate surface area is 135 Å². The molecule has 0 saturated carbocycles. The van der Waals surface area contributed by atoms with Crippen LogP contribution in [0.4, 0.5) is 0 Å². The molecule has 0 radical (unpaired) electrons. The van der Waals surface area contributed by atoms with Crippen molar-refractivity contribution in [2.24, 2.45) is 0 Å². The van der Waals surface area contributed by atoms with Gasteiger partial charge < -0.3 is 5.32 Å². The lowest BCUT2D eigenvalue weighted by atomic mass is 10.2. The molecule has 0 saturated heterocycles. The zero-order chi connectivity index (χ0) is 15.7. The van der Waals surface area contributed by atoms with Crippen LogP contribution < -0.4 is 5.32 Å². The number of Topliss-reactive ketones (excluding diaryl/α,β-unsaturated/α-hetero) is 1. The van der Waals surface area contributed by atoms with Gasteiger partial charge in [0.15, 0.2) is 10.7 Å². The van der Waals surface area contributed by atoms with Crippen molar-refractivity contribution in [2.45, 2.75) is 26.3 Å². The van der Waals surface area contributed by atoms with Gasteiger partial charge in [-0.2, -0.15) is 0 Å². The smallest absolute Gasteiger partial charge is 0.224 e. The number of thiazole rings is 1. The van der Waals surface area contributed by atoms with E-state index in [2.05, 4.69) is 10.3 Å². The number of ketones is 1. The van der Waals surface area contributed by atoms with Crippen LogP contribution in [0.25, 0.3) is 4.96 Å². The summed E-state index contributed by atoms with van der Waals surface area (Å²) in [4.78, 5) is 29.5. The summed E-state index contributed by atoms with van der Waals surface area (Å²) in [7, 11) is 0. The third-order valence-electron chi connectivity index (χ3n) is 3.30. The van der Waals surface area contributed by atoms with Crippen molar-refractivity contribution in [1.29, 1.82) is 0 Å². The van der Waals surface area contributed by atoms with Crippen LogP contribution in [0.5, 0.6) is 0 Å². The molecule has 3 aromatic heterocycles. The largest absolute Gasteiger partial charge is 0.348 e. The SMILES string of the molecule is CC(=O)c1cc(CC(=O)NC(C)c2cn3ccsc3n2)cs1. The maximum Gasteiger partial charge on any atom is 0.224 e. The number of nitrogens with zero attached hydrogens (tertiary/aromatic N) is 2. The Balaban J connectivity index is 1.62. The van der Waals surface area contributed by atoms with Gasteiger partial charge in [0, 0.05) is 17.8 Å². The molecule has 0 aromatic carbocycles. The normalized spacial score (nSPS) is 12.5. The minimum Gasteiger partial charge on any atom is -0.348 e. The fraction of sp³-hybridized carbons (Fsp3) is 0.267. The number of nitrogens with one attached hydrogen (secondary N) is 1. The average Bonchev–Trinajstić information content (AvgIpc) is 3.12. The molecule has 5 nitrogen and oxygen atoms in total. The zero-order valence-electron chi connectivity index (χ0n) is 12.2. The minimum absolute atomic E-state index is 0.0307. The second-order valence-electron chi connectivity index (χ2n) is 5.10. The quantitative estimate of drug-likeness (QED) is 0.730. The Bertz CT molecular complexity index is 802. The van der Waals surface area contributed by atoms with Gasteiger partial charge in [-0.25, -0.2) is 4.98 Å². The number of rotatable bonds is 5. The fourth-order valence-corrected chi connectivity index (χ4v) is 3.68. The van der Waals surface area contributed by atoms with Crippen LogP contribution >= 0.6 is 22.7 Å². The maximum atomic E-state index is 12.1. The molecule has 0 aliphatic heterocycles. The third-order valence-corrected chi connectivity index (χ3v) is 5.15. The molecule has 114 valence electrons. The van der Waals surface area contributed by atoms with E-state index in [0.29, 0.717) is 4.88 Å². The molecule has 1 unspecified atom stereocenters. The predicted molar refractivity (Wildman–Crippen MR) is 87.7 cm³/mol. The van der Waals surface area contributed by atoms with E-state index in [1.165, 1.54) is 18.3 Å². The monoisotopic (exact) mass is 333 g/mol. The van der Waals surface area contributed by atoms with E-state index >= 15 is 0 Å². The van der Waals surface area contributed by atoms with E-state index < -0.39 is 0 Å². The van der Waals surface area contributed by atoms with Gasteiger partial charge in [0.25, 0.3) is 0 Å². The minimum atomic E-state index is -0.148. The molecule has 1 atom stereocenters. The van der Waals surface area contributed by atoms with Gasteiger partial charge in [-0.3, -0.25) is 14.0 Å². The van der Waals surface area contributed by atoms with Gasteiger partial charge in [-0.1, -0.05) is 0 Å². The van der Waals surface area contributed by atoms with Crippen molar-refractivity contribution < 1.29 is 9.59 Å². The molecule has 3 rings (SSSR count). The first-order valence-electron chi connectivity index (χ1n) is 6.82. The molecule has 1 amide bonds. The van der Waals surface area contributed by atoms with Crippen LogP contribution in [0.15, 0.2) is 29.2 Å². The van der Waals surface area contributed by atoms with Gasteiger partial charge in [0.2, 0.25) is 5.91 Å². The highest BCUT2D eigenvalue weighted by Crippen LogP contribution is 2.18. The number of amides is 1. The van der Waals surface area contributed by atoms with Crippen molar-refractivity contribution in [3.63, 3.8) is 0 Å². The summed E-state index contributed by atoms with van der Waals surface area (Å²) >= 11 is 2.94. The fourth-order valence-electron chi connectivity index (χ4n) is 2.16. The second-order valence-corrected chi connectivity index (χ2v) is 6.88. The first kappa shape index (κ1) is 14.9. The van der Waals surface area contributed by atoms with E-state index in [4.69, 9.17) is 0 Å². The maximum absolute atomic E-state index is 12.1. The van der Waals surface area contributed by atoms with E-state index in [1.807, 2.05) is 34.5 Å². The topological polar surface area (TPSA) is 63.5 Å². The van der Waals surface area contributed by atoms with Crippen LogP contribution in [0.1, 0.15) is 40.8 Å². The molecular formula is C15H15N3O2S2. The lowest BCUT2D eigenvalue weighted by Gasteiger charge is -2.10. The number of aromatic nitrogens is 2. The zero-order valence-corrected chi connectivity index (χ0v) is 13.8. The first-order valence-corrected chi connectivity index (χ1v) is 8.58. The summed E-state index contributed by atoms with van der Waals surface area (Å²) < 4.78 is 1.95. The highest BCUT2D eigenvalue weighted by atomic mass is 32.1. The summed E-state index contributed by atoms with van der Waals surface area (Å²) in [6.45, 7) is 3.45. The lowest BCUT2D eigenvalue weighted by Crippen LogP contribution is -2.28. The van der Waals surface area contributed by atoms with Crippen molar-refractivity contribution in [2.75, 3.05) is 0 Å². The van der Waals surface area contributed by atoms with E-state index in [0.717, 1.165) is 16.2 Å². The number of hydrogen-bond acceptors (Lipinski definition) is 5. The number of thiophene rings is 1. The molecule has 3 heterocycles. The molecule has 0 spiro atoms. The summed E-state index contributed by atoms with van der Waals surface area (Å²) in [5, 5.41) is 6.77. The predicted octanol–water partition coefficient (Wildman–Crippen LogP) is 3.08. The Kier molecular flexibility index (Phi) is 4.08. The average molecular weight is 333 g/mol. The van der Waals surface area contributed by atoms with Crippen molar-refractivity contribution in [3.8, 4) is 0 Å². The van der Waals surface area contributed by atoms with E-state index in [-0.39, 0.29) is 24.2 Å². The van der Waals surface area contributed by atoms with Gasteiger partial charge >= 0.3 is 0 Å². The van der Waals surface area contributed by atoms with Gasteiger partial charge in [-0.05, 0) is 30.9 Å². The van der Waals surface area contributed by atoms with Gasteiger partial charge in [0.05, 0.1) is 23.0 Å². The number of carbonyl (C=O) groups is 2. The standard InChI is InChI=1S/C15H15N3O2S2/c1-9(12-7-18-3-4-21-15(18)17-12)16-14(20)6-11-5-13(10(2)19)22-8-11/h3-5,7-9H,6H2,1-2H3,(H,16,20). The van der Waals surface area contributed by atoms with Crippen molar-refractivity contribution in [1.82, 2.24) is 14.7 Å². The Morgan fingerprint density at radius 2 is 2.23 bits per heavy atom. The van der Waals surface area contributed by atoms with Crippen LogP contribution in [0.2, 0.25) is 0 Å². The molecule has 0 bridgehead atoms. The van der Waals surface area contributed by atoms with Crippen LogP contribution in [-0.4, -0.2) is 21.1 Å². The van der Waals surface area contributed by atoms with Gasteiger partial charge in [0.1, 0.15) is 0 Å². The van der Waals surface area contributed by atoms with Crippen molar-refractivity contribution in [3.05, 3.63) is 45.4 Å². The summed E-state index contributed by atoms with van der Waals surface area (Å²) in [5.41, 5.74) is 1.71. The Hall–Kier alpha value is -1.99. The highest BCUT2D eigenvalue weighted by Gasteiger charge is 2.15.